The second-order valence-electron chi connectivity index (χ2n) is 5.15. The molecule has 0 atom stereocenters. The van der Waals surface area contributed by atoms with Crippen molar-refractivity contribution >= 4 is 34.4 Å². The molecule has 0 unspecified atom stereocenters. The molecule has 0 saturated heterocycles. The van der Waals surface area contributed by atoms with Crippen molar-refractivity contribution in [2.24, 2.45) is 0 Å². The topological polar surface area (TPSA) is 75.9 Å². The second kappa shape index (κ2) is 7.89. The Morgan fingerprint density at radius 1 is 1.38 bits per heavy atom. The molecule has 1 amide bonds. The molecule has 2 aromatic heterocycles. The number of anilines is 1. The van der Waals surface area contributed by atoms with Crippen LogP contribution in [0.2, 0.25) is 0 Å². The maximum absolute atomic E-state index is 12.5. The zero-order valence-corrected chi connectivity index (χ0v) is 14.8. The van der Waals surface area contributed by atoms with Crippen LogP contribution in [0.1, 0.15) is 17.2 Å². The van der Waals surface area contributed by atoms with Gasteiger partial charge in [0.25, 0.3) is 5.91 Å². The van der Waals surface area contributed by atoms with Crippen LogP contribution in [-0.4, -0.2) is 43.1 Å². The summed E-state index contributed by atoms with van der Waals surface area (Å²) in [4.78, 5) is 28.1. The lowest BCUT2D eigenvalue weighted by Gasteiger charge is -2.24. The van der Waals surface area contributed by atoms with Gasteiger partial charge in [0.05, 0.1) is 19.2 Å². The molecule has 0 aliphatic heterocycles. The fraction of sp³-hybridized carbons (Fsp3) is 0.312. The van der Waals surface area contributed by atoms with E-state index >= 15 is 0 Å². The van der Waals surface area contributed by atoms with E-state index in [9.17, 15) is 9.59 Å². The minimum atomic E-state index is -0.373. The van der Waals surface area contributed by atoms with E-state index in [1.807, 2.05) is 13.0 Å². The molecule has 0 spiro atoms. The lowest BCUT2D eigenvalue weighted by molar-refractivity contribution is -0.139. The van der Waals surface area contributed by atoms with Gasteiger partial charge in [-0.1, -0.05) is 0 Å². The van der Waals surface area contributed by atoms with E-state index in [1.165, 1.54) is 29.5 Å². The summed E-state index contributed by atoms with van der Waals surface area (Å²) in [7, 11) is 4.81. The number of carbonyl (C=O) groups is 2. The first-order chi connectivity index (χ1) is 11.4. The number of amides is 1. The molecule has 0 bridgehead atoms. The zero-order valence-electron chi connectivity index (χ0n) is 14.0. The van der Waals surface area contributed by atoms with Gasteiger partial charge in [0.1, 0.15) is 11.5 Å². The van der Waals surface area contributed by atoms with Gasteiger partial charge in [-0.05, 0) is 25.1 Å². The molecule has 2 rings (SSSR count). The second-order valence-corrected chi connectivity index (χ2v) is 5.99. The number of aromatic nitrogens is 1. The average Bonchev–Trinajstić information content (AvgIpc) is 3.14. The summed E-state index contributed by atoms with van der Waals surface area (Å²) >= 11 is 1.28. The molecule has 0 saturated carbocycles. The number of ether oxygens (including phenoxy) is 1. The van der Waals surface area contributed by atoms with Crippen LogP contribution in [-0.2, 0) is 20.7 Å². The highest BCUT2D eigenvalue weighted by molar-refractivity contribution is 7.14. The standard InChI is InChI=1S/C16H19N3O4S/c1-11-5-6-13(23-11)7-8-14(20)19(18(2)3)16-17-12(10-24-16)9-15(21)22-4/h5-8,10H,9H2,1-4H3. The van der Waals surface area contributed by atoms with Gasteiger partial charge in [-0.15, -0.1) is 11.3 Å². The summed E-state index contributed by atoms with van der Waals surface area (Å²) in [6, 6.07) is 3.62. The number of thiazole rings is 1. The number of esters is 1. The summed E-state index contributed by atoms with van der Waals surface area (Å²) in [5.74, 6) is 0.736. The summed E-state index contributed by atoms with van der Waals surface area (Å²) in [6.45, 7) is 1.84. The summed E-state index contributed by atoms with van der Waals surface area (Å²) in [6.07, 6.45) is 3.10. The van der Waals surface area contributed by atoms with Crippen LogP contribution in [0, 0.1) is 6.92 Å². The number of nitrogens with zero attached hydrogens (tertiary/aromatic N) is 3. The normalized spacial score (nSPS) is 11.2. The SMILES string of the molecule is COC(=O)Cc1csc(N(C(=O)C=Cc2ccc(C)o2)N(C)C)n1. The number of hydrogen-bond acceptors (Lipinski definition) is 7. The Morgan fingerprint density at radius 3 is 2.71 bits per heavy atom. The molecule has 2 aromatic rings. The van der Waals surface area contributed by atoms with Crippen molar-refractivity contribution in [2.45, 2.75) is 13.3 Å². The fourth-order valence-electron chi connectivity index (χ4n) is 1.92. The first kappa shape index (κ1) is 17.9. The Morgan fingerprint density at radius 2 is 2.12 bits per heavy atom. The quantitative estimate of drug-likeness (QED) is 0.452. The van der Waals surface area contributed by atoms with Crippen molar-refractivity contribution in [3.8, 4) is 0 Å². The largest absolute Gasteiger partial charge is 0.469 e. The van der Waals surface area contributed by atoms with Crippen molar-refractivity contribution in [3.05, 3.63) is 40.8 Å². The van der Waals surface area contributed by atoms with Crippen LogP contribution >= 0.6 is 11.3 Å². The van der Waals surface area contributed by atoms with Crippen molar-refractivity contribution in [1.29, 1.82) is 0 Å². The van der Waals surface area contributed by atoms with Gasteiger partial charge in [0, 0.05) is 25.6 Å². The minimum Gasteiger partial charge on any atom is -0.469 e. The van der Waals surface area contributed by atoms with E-state index in [0.29, 0.717) is 16.6 Å². The molecule has 2 heterocycles. The van der Waals surface area contributed by atoms with Gasteiger partial charge in [0.15, 0.2) is 0 Å². The molecule has 0 aliphatic rings. The number of hydrogen-bond donors (Lipinski definition) is 0. The van der Waals surface area contributed by atoms with Gasteiger partial charge < -0.3 is 9.15 Å². The highest BCUT2D eigenvalue weighted by Gasteiger charge is 2.20. The molecule has 0 aromatic carbocycles. The predicted molar refractivity (Wildman–Crippen MR) is 91.5 cm³/mol. The molecule has 128 valence electrons. The van der Waals surface area contributed by atoms with Crippen molar-refractivity contribution < 1.29 is 18.7 Å². The van der Waals surface area contributed by atoms with Crippen molar-refractivity contribution in [3.63, 3.8) is 0 Å². The van der Waals surface area contributed by atoms with Crippen LogP contribution in [0.15, 0.2) is 28.0 Å². The number of furan rings is 1. The molecule has 8 heteroatoms. The van der Waals surface area contributed by atoms with Gasteiger partial charge in [0.2, 0.25) is 5.13 Å². The third-order valence-corrected chi connectivity index (χ3v) is 3.90. The van der Waals surface area contributed by atoms with Crippen molar-refractivity contribution in [1.82, 2.24) is 9.99 Å². The molecular formula is C16H19N3O4S. The van der Waals surface area contributed by atoms with E-state index < -0.39 is 0 Å². The third kappa shape index (κ3) is 4.53. The lowest BCUT2D eigenvalue weighted by Crippen LogP contribution is -2.41. The number of hydrazine groups is 1. The number of carbonyl (C=O) groups excluding carboxylic acids is 2. The Hall–Kier alpha value is -2.45. The van der Waals surface area contributed by atoms with Crippen molar-refractivity contribution in [2.75, 3.05) is 26.2 Å². The minimum absolute atomic E-state index is 0.0734. The monoisotopic (exact) mass is 349 g/mol. The van der Waals surface area contributed by atoms with Gasteiger partial charge in [-0.25, -0.2) is 15.0 Å². The molecular weight excluding hydrogens is 330 g/mol. The van der Waals surface area contributed by atoms with Gasteiger partial charge in [-0.3, -0.25) is 9.59 Å². The molecule has 0 radical (unpaired) electrons. The Labute approximate surface area is 144 Å². The number of aryl methyl sites for hydroxylation is 1. The van der Waals surface area contributed by atoms with Crippen LogP contribution in [0.3, 0.4) is 0 Å². The Balaban J connectivity index is 2.15. The van der Waals surface area contributed by atoms with Crippen LogP contribution in [0.4, 0.5) is 5.13 Å². The lowest BCUT2D eigenvalue weighted by atomic mass is 10.3. The predicted octanol–water partition coefficient (Wildman–Crippen LogP) is 2.28. The van der Waals surface area contributed by atoms with Crippen LogP contribution in [0.25, 0.3) is 6.08 Å². The smallest absolute Gasteiger partial charge is 0.311 e. The highest BCUT2D eigenvalue weighted by atomic mass is 32.1. The first-order valence-electron chi connectivity index (χ1n) is 7.17. The van der Waals surface area contributed by atoms with E-state index in [1.54, 1.807) is 36.6 Å². The van der Waals surface area contributed by atoms with Gasteiger partial charge in [-0.2, -0.15) is 0 Å². The molecule has 0 N–H and O–H groups in total. The molecule has 0 aliphatic carbocycles. The van der Waals surface area contributed by atoms with E-state index in [-0.39, 0.29) is 18.3 Å². The zero-order chi connectivity index (χ0) is 17.7. The maximum atomic E-state index is 12.5. The van der Waals surface area contributed by atoms with Crippen LogP contribution in [0.5, 0.6) is 0 Å². The van der Waals surface area contributed by atoms with Gasteiger partial charge >= 0.3 is 5.97 Å². The Kier molecular flexibility index (Phi) is 5.88. The fourth-order valence-corrected chi connectivity index (χ4v) is 2.82. The summed E-state index contributed by atoms with van der Waals surface area (Å²) < 4.78 is 10.0. The molecule has 7 nitrogen and oxygen atoms in total. The number of methoxy groups -OCH3 is 1. The first-order valence-corrected chi connectivity index (χ1v) is 8.05. The summed E-state index contributed by atoms with van der Waals surface area (Å²) in [5, 5.41) is 5.25. The Bertz CT molecular complexity index is 748. The average molecular weight is 349 g/mol. The molecule has 24 heavy (non-hydrogen) atoms. The van der Waals surface area contributed by atoms with E-state index in [4.69, 9.17) is 4.42 Å². The van der Waals surface area contributed by atoms with Crippen LogP contribution < -0.4 is 5.01 Å². The highest BCUT2D eigenvalue weighted by Crippen LogP contribution is 2.22. The van der Waals surface area contributed by atoms with E-state index in [2.05, 4.69) is 9.72 Å². The number of rotatable bonds is 6. The van der Waals surface area contributed by atoms with E-state index in [0.717, 1.165) is 5.76 Å². The summed E-state index contributed by atoms with van der Waals surface area (Å²) in [5.41, 5.74) is 0.562. The maximum Gasteiger partial charge on any atom is 0.311 e. The molecule has 0 fully saturated rings. The third-order valence-electron chi connectivity index (χ3n) is 3.03.